The van der Waals surface area contributed by atoms with Crippen LogP contribution in [-0.2, 0) is 0 Å². The molecule has 0 atom stereocenters. The molecule has 0 aromatic heterocycles. The molecule has 0 spiro atoms. The Kier molecular flexibility index (Phi) is 2.50. The van der Waals surface area contributed by atoms with Gasteiger partial charge in [-0.1, -0.05) is 0 Å². The summed E-state index contributed by atoms with van der Waals surface area (Å²) < 4.78 is 0. The topological polar surface area (TPSA) is 46.2 Å². The lowest BCUT2D eigenvalue weighted by molar-refractivity contribution is 0.412. The van der Waals surface area contributed by atoms with Crippen LogP contribution in [0.5, 0.6) is 0 Å². The molecule has 0 amide bonds. The minimum atomic E-state index is 0.289. The minimum Gasteiger partial charge on any atom is -0.513 e. The van der Waals surface area contributed by atoms with Crippen LogP contribution in [0, 0.1) is 0 Å². The summed E-state index contributed by atoms with van der Waals surface area (Å²) in [5, 5.41) is 8.33. The van der Waals surface area contributed by atoms with Crippen LogP contribution in [0.3, 0.4) is 0 Å². The Morgan fingerprint density at radius 2 is 2.50 bits per heavy atom. The van der Waals surface area contributed by atoms with Crippen LogP contribution in [0.4, 0.5) is 0 Å². The lowest BCUT2D eigenvalue weighted by Crippen LogP contribution is -1.93. The van der Waals surface area contributed by atoms with Gasteiger partial charge in [0.15, 0.2) is 0 Å². The molecule has 0 heterocycles. The lowest BCUT2D eigenvalue weighted by Gasteiger charge is -1.80. The fraction of sp³-hybridized carbons (Fsp3) is 0.500. The highest BCUT2D eigenvalue weighted by molar-refractivity contribution is 4.85. The second-order valence-corrected chi connectivity index (χ2v) is 1.08. The van der Waals surface area contributed by atoms with Gasteiger partial charge in [-0.2, -0.15) is 0 Å². The van der Waals surface area contributed by atoms with Gasteiger partial charge in [-0.15, -0.1) is 0 Å². The molecule has 0 aliphatic rings. The summed E-state index contributed by atoms with van der Waals surface area (Å²) in [5.74, 6) is 0.289. The Balaban J connectivity index is 3.14. The van der Waals surface area contributed by atoms with Gasteiger partial charge >= 0.3 is 0 Å². The van der Waals surface area contributed by atoms with Crippen molar-refractivity contribution in [2.45, 2.75) is 6.92 Å². The molecule has 0 saturated carbocycles. The van der Waals surface area contributed by atoms with Gasteiger partial charge in [0.05, 0.1) is 5.76 Å². The van der Waals surface area contributed by atoms with E-state index < -0.39 is 0 Å². The van der Waals surface area contributed by atoms with E-state index in [0.717, 1.165) is 0 Å². The van der Waals surface area contributed by atoms with E-state index in [2.05, 4.69) is 0 Å². The number of allylic oxidation sites excluding steroid dienone is 1. The molecule has 0 bridgehead atoms. The summed E-state index contributed by atoms with van der Waals surface area (Å²) >= 11 is 0. The van der Waals surface area contributed by atoms with Crippen molar-refractivity contribution in [2.75, 3.05) is 6.54 Å². The van der Waals surface area contributed by atoms with E-state index in [4.69, 9.17) is 10.8 Å². The van der Waals surface area contributed by atoms with Crippen molar-refractivity contribution in [1.82, 2.24) is 0 Å². The Morgan fingerprint density at radius 1 is 2.00 bits per heavy atom. The quantitative estimate of drug-likeness (QED) is 0.455. The molecule has 2 heteroatoms. The SMILES string of the molecule is CC(O)=CCN. The van der Waals surface area contributed by atoms with Gasteiger partial charge in [-0.25, -0.2) is 0 Å². The number of hydrogen-bond donors (Lipinski definition) is 2. The molecule has 0 aromatic rings. The maximum atomic E-state index is 8.33. The summed E-state index contributed by atoms with van der Waals surface area (Å²) in [5.41, 5.74) is 4.99. The van der Waals surface area contributed by atoms with Crippen molar-refractivity contribution in [3.8, 4) is 0 Å². The lowest BCUT2D eigenvalue weighted by atomic mass is 10.5. The maximum absolute atomic E-state index is 8.33. The first kappa shape index (κ1) is 5.50. The van der Waals surface area contributed by atoms with Crippen LogP contribution < -0.4 is 5.73 Å². The largest absolute Gasteiger partial charge is 0.513 e. The molecule has 36 valence electrons. The number of aliphatic hydroxyl groups excluding tert-OH is 1. The molecule has 0 unspecified atom stereocenters. The summed E-state index contributed by atoms with van der Waals surface area (Å²) in [7, 11) is 0. The third kappa shape index (κ3) is 3.50. The van der Waals surface area contributed by atoms with Crippen molar-refractivity contribution in [1.29, 1.82) is 0 Å². The minimum absolute atomic E-state index is 0.289. The highest BCUT2D eigenvalue weighted by Gasteiger charge is 1.70. The van der Waals surface area contributed by atoms with E-state index in [0.29, 0.717) is 6.54 Å². The summed E-state index contributed by atoms with van der Waals surface area (Å²) in [6.45, 7) is 2.01. The highest BCUT2D eigenvalue weighted by Crippen LogP contribution is 1.77. The molecule has 3 N–H and O–H groups in total. The predicted molar refractivity (Wildman–Crippen MR) is 25.4 cm³/mol. The van der Waals surface area contributed by atoms with Crippen LogP contribution in [0.1, 0.15) is 6.92 Å². The average Bonchev–Trinajstić information content (AvgIpc) is 1.35. The fourth-order valence-corrected chi connectivity index (χ4v) is 0.171. The van der Waals surface area contributed by atoms with Gasteiger partial charge in [0.2, 0.25) is 0 Å². The van der Waals surface area contributed by atoms with Crippen LogP contribution in [-0.4, -0.2) is 11.7 Å². The zero-order chi connectivity index (χ0) is 4.99. The number of rotatable bonds is 1. The third-order valence-corrected chi connectivity index (χ3v) is 0.413. The van der Waals surface area contributed by atoms with E-state index in [9.17, 15) is 0 Å². The Morgan fingerprint density at radius 3 is 2.50 bits per heavy atom. The smallest absolute Gasteiger partial charge is 0.0864 e. The first-order chi connectivity index (χ1) is 2.77. The zero-order valence-corrected chi connectivity index (χ0v) is 3.81. The molecular weight excluding hydrogens is 78.0 g/mol. The van der Waals surface area contributed by atoms with E-state index >= 15 is 0 Å². The van der Waals surface area contributed by atoms with Gasteiger partial charge in [-0.3, -0.25) is 0 Å². The Hall–Kier alpha value is -0.500. The fourth-order valence-electron chi connectivity index (χ4n) is 0.171. The van der Waals surface area contributed by atoms with Crippen molar-refractivity contribution in [2.24, 2.45) is 5.73 Å². The molecule has 0 aliphatic carbocycles. The summed E-state index contributed by atoms with van der Waals surface area (Å²) in [6.07, 6.45) is 1.54. The molecule has 6 heavy (non-hydrogen) atoms. The van der Waals surface area contributed by atoms with Gasteiger partial charge in [-0.05, 0) is 13.0 Å². The Bertz CT molecular complexity index is 54.6. The van der Waals surface area contributed by atoms with Gasteiger partial charge in [0.1, 0.15) is 0 Å². The van der Waals surface area contributed by atoms with Crippen LogP contribution in [0.15, 0.2) is 11.8 Å². The molecule has 0 rings (SSSR count). The maximum Gasteiger partial charge on any atom is 0.0864 e. The summed E-state index contributed by atoms with van der Waals surface area (Å²) in [4.78, 5) is 0. The van der Waals surface area contributed by atoms with Gasteiger partial charge in [0.25, 0.3) is 0 Å². The Labute approximate surface area is 37.3 Å². The van der Waals surface area contributed by atoms with E-state index in [1.807, 2.05) is 0 Å². The molecule has 2 nitrogen and oxygen atoms in total. The van der Waals surface area contributed by atoms with Crippen LogP contribution >= 0.6 is 0 Å². The molecule has 0 saturated heterocycles. The number of aliphatic hydroxyl groups is 1. The van der Waals surface area contributed by atoms with Gasteiger partial charge in [0, 0.05) is 6.54 Å². The van der Waals surface area contributed by atoms with E-state index in [1.165, 1.54) is 0 Å². The third-order valence-electron chi connectivity index (χ3n) is 0.413. The standard InChI is InChI=1S/C4H9NO/c1-4(6)2-3-5/h2,6H,3,5H2,1H3. The molecule has 0 radical (unpaired) electrons. The monoisotopic (exact) mass is 87.1 g/mol. The van der Waals surface area contributed by atoms with Crippen molar-refractivity contribution in [3.63, 3.8) is 0 Å². The molecular formula is C4H9NO. The predicted octanol–water partition coefficient (Wildman–Crippen LogP) is 0.407. The first-order valence-electron chi connectivity index (χ1n) is 1.83. The van der Waals surface area contributed by atoms with Gasteiger partial charge < -0.3 is 10.8 Å². The van der Waals surface area contributed by atoms with E-state index in [-0.39, 0.29) is 5.76 Å². The van der Waals surface area contributed by atoms with Crippen LogP contribution in [0.25, 0.3) is 0 Å². The molecule has 0 fully saturated rings. The highest BCUT2D eigenvalue weighted by atomic mass is 16.3. The second kappa shape index (κ2) is 2.72. The molecule has 0 aromatic carbocycles. The van der Waals surface area contributed by atoms with Crippen molar-refractivity contribution >= 4 is 0 Å². The summed E-state index contributed by atoms with van der Waals surface area (Å²) in [6, 6.07) is 0. The van der Waals surface area contributed by atoms with Crippen molar-refractivity contribution < 1.29 is 5.11 Å². The zero-order valence-electron chi connectivity index (χ0n) is 3.81. The molecule has 0 aliphatic heterocycles. The average molecular weight is 87.1 g/mol. The number of hydrogen-bond acceptors (Lipinski definition) is 2. The van der Waals surface area contributed by atoms with Crippen LogP contribution in [0.2, 0.25) is 0 Å². The first-order valence-corrected chi connectivity index (χ1v) is 1.83. The second-order valence-electron chi connectivity index (χ2n) is 1.08. The normalized spacial score (nSPS) is 12.0. The van der Waals surface area contributed by atoms with Crippen molar-refractivity contribution in [3.05, 3.63) is 11.8 Å². The van der Waals surface area contributed by atoms with E-state index in [1.54, 1.807) is 13.0 Å². The number of nitrogens with two attached hydrogens (primary N) is 1.